The van der Waals surface area contributed by atoms with Gasteiger partial charge in [0.15, 0.2) is 5.82 Å². The number of benzene rings is 1. The molecule has 2 aromatic rings. The Labute approximate surface area is 144 Å². The summed E-state index contributed by atoms with van der Waals surface area (Å²) in [6.07, 6.45) is -4.72. The lowest BCUT2D eigenvalue weighted by molar-refractivity contribution is -0.128. The molecule has 9 heteroatoms. The molecule has 1 heterocycles. The summed E-state index contributed by atoms with van der Waals surface area (Å²) in [6.45, 7) is 2.04. The number of alkyl halides is 3. The van der Waals surface area contributed by atoms with Crippen molar-refractivity contribution in [1.82, 2.24) is 15.0 Å². The quantitative estimate of drug-likeness (QED) is 0.779. The normalized spacial score (nSPS) is 11.5. The van der Waals surface area contributed by atoms with Gasteiger partial charge in [0.2, 0.25) is 5.89 Å². The molecule has 2 rings (SSSR count). The van der Waals surface area contributed by atoms with Gasteiger partial charge in [0, 0.05) is 19.6 Å². The molecule has 2 N–H and O–H groups in total. The van der Waals surface area contributed by atoms with Crippen LogP contribution < -0.4 is 5.73 Å². The van der Waals surface area contributed by atoms with Crippen LogP contribution in [-0.2, 0) is 19.4 Å². The first-order valence-electron chi connectivity index (χ1n) is 7.31. The first-order chi connectivity index (χ1) is 11.0. The minimum absolute atomic E-state index is 0. The fraction of sp³-hybridized carbons (Fsp3) is 0.467. The average Bonchev–Trinajstić information content (AvgIpc) is 2.91. The number of aromatic nitrogens is 2. The van der Waals surface area contributed by atoms with Crippen LogP contribution in [0.15, 0.2) is 34.9 Å². The van der Waals surface area contributed by atoms with Gasteiger partial charge in [-0.05, 0) is 12.0 Å². The lowest BCUT2D eigenvalue weighted by atomic mass is 10.1. The molecule has 0 radical (unpaired) electrons. The van der Waals surface area contributed by atoms with E-state index < -0.39 is 12.6 Å². The molecular formula is C15H20ClF3N4O. The molecule has 24 heavy (non-hydrogen) atoms. The van der Waals surface area contributed by atoms with Crippen LogP contribution in [0.2, 0.25) is 0 Å². The standard InChI is InChI=1S/C15H19F3N4O.ClH/c16-15(17,18)10-13-20-14(23-21-13)11-22(9-7-19)8-6-12-4-2-1-3-5-12;/h1-5H,6-11,19H2;1H. The van der Waals surface area contributed by atoms with Crippen molar-refractivity contribution >= 4 is 12.4 Å². The largest absolute Gasteiger partial charge is 0.396 e. The molecule has 0 bridgehead atoms. The van der Waals surface area contributed by atoms with E-state index in [-0.39, 0.29) is 30.7 Å². The van der Waals surface area contributed by atoms with Crippen molar-refractivity contribution in [1.29, 1.82) is 0 Å². The van der Waals surface area contributed by atoms with E-state index in [2.05, 4.69) is 10.1 Å². The fourth-order valence-corrected chi connectivity index (χ4v) is 2.18. The van der Waals surface area contributed by atoms with Crippen LogP contribution in [0, 0.1) is 0 Å². The van der Waals surface area contributed by atoms with Gasteiger partial charge >= 0.3 is 6.18 Å². The number of hydrogen-bond donors (Lipinski definition) is 1. The third kappa shape index (κ3) is 7.29. The number of halogens is 4. The zero-order chi connectivity index (χ0) is 16.7. The molecule has 134 valence electrons. The minimum atomic E-state index is -4.34. The van der Waals surface area contributed by atoms with E-state index in [1.165, 1.54) is 5.56 Å². The Morgan fingerprint density at radius 2 is 1.83 bits per heavy atom. The van der Waals surface area contributed by atoms with Crippen LogP contribution in [0.25, 0.3) is 0 Å². The third-order valence-corrected chi connectivity index (χ3v) is 3.23. The number of nitrogens with zero attached hydrogens (tertiary/aromatic N) is 3. The van der Waals surface area contributed by atoms with Crippen LogP contribution in [-0.4, -0.2) is 40.9 Å². The predicted molar refractivity (Wildman–Crippen MR) is 85.8 cm³/mol. The van der Waals surface area contributed by atoms with E-state index in [9.17, 15) is 13.2 Å². The Hall–Kier alpha value is -1.64. The summed E-state index contributed by atoms with van der Waals surface area (Å²) >= 11 is 0. The molecule has 0 amide bonds. The molecule has 0 saturated heterocycles. The highest BCUT2D eigenvalue weighted by Gasteiger charge is 2.30. The summed E-state index contributed by atoms with van der Waals surface area (Å²) in [5.74, 6) is -0.172. The predicted octanol–water partition coefficient (Wildman–Crippen LogP) is 2.60. The molecule has 0 aliphatic heterocycles. The van der Waals surface area contributed by atoms with Gasteiger partial charge in [-0.15, -0.1) is 12.4 Å². The molecule has 0 spiro atoms. The molecule has 0 fully saturated rings. The first kappa shape index (κ1) is 20.4. The van der Waals surface area contributed by atoms with E-state index in [1.54, 1.807) is 0 Å². The molecule has 0 saturated carbocycles. The smallest absolute Gasteiger partial charge is 0.338 e. The number of rotatable bonds is 8. The highest BCUT2D eigenvalue weighted by molar-refractivity contribution is 5.85. The summed E-state index contributed by atoms with van der Waals surface area (Å²) in [5, 5.41) is 3.37. The van der Waals surface area contributed by atoms with Gasteiger partial charge in [0.25, 0.3) is 0 Å². The minimum Gasteiger partial charge on any atom is -0.338 e. The maximum Gasteiger partial charge on any atom is 0.396 e. The van der Waals surface area contributed by atoms with E-state index >= 15 is 0 Å². The Bertz CT molecular complexity index is 592. The summed E-state index contributed by atoms with van der Waals surface area (Å²) in [7, 11) is 0. The Kier molecular flexibility index (Phi) is 8.17. The number of nitrogens with two attached hydrogens (primary N) is 1. The monoisotopic (exact) mass is 364 g/mol. The topological polar surface area (TPSA) is 68.2 Å². The van der Waals surface area contributed by atoms with E-state index in [4.69, 9.17) is 10.3 Å². The highest BCUT2D eigenvalue weighted by atomic mass is 35.5. The van der Waals surface area contributed by atoms with Crippen molar-refractivity contribution in [3.63, 3.8) is 0 Å². The molecule has 5 nitrogen and oxygen atoms in total. The van der Waals surface area contributed by atoms with Gasteiger partial charge in [-0.3, -0.25) is 4.90 Å². The second-order valence-corrected chi connectivity index (χ2v) is 5.20. The molecule has 0 aliphatic rings. The summed E-state index contributed by atoms with van der Waals surface area (Å²) < 4.78 is 41.8. The van der Waals surface area contributed by atoms with Crippen molar-refractivity contribution in [2.75, 3.05) is 19.6 Å². The zero-order valence-electron chi connectivity index (χ0n) is 13.0. The maximum atomic E-state index is 12.3. The Morgan fingerprint density at radius 1 is 1.12 bits per heavy atom. The second-order valence-electron chi connectivity index (χ2n) is 5.20. The van der Waals surface area contributed by atoms with Crippen molar-refractivity contribution in [2.45, 2.75) is 25.6 Å². The molecule has 0 aliphatic carbocycles. The lowest BCUT2D eigenvalue weighted by Gasteiger charge is -2.19. The van der Waals surface area contributed by atoms with E-state index in [1.807, 2.05) is 35.2 Å². The van der Waals surface area contributed by atoms with Crippen molar-refractivity contribution < 1.29 is 17.7 Å². The summed E-state index contributed by atoms with van der Waals surface area (Å²) in [6, 6.07) is 9.92. The Balaban J connectivity index is 0.00000288. The highest BCUT2D eigenvalue weighted by Crippen LogP contribution is 2.19. The average molecular weight is 365 g/mol. The van der Waals surface area contributed by atoms with E-state index in [0.717, 1.165) is 6.42 Å². The third-order valence-electron chi connectivity index (χ3n) is 3.23. The van der Waals surface area contributed by atoms with Gasteiger partial charge < -0.3 is 10.3 Å². The van der Waals surface area contributed by atoms with Crippen LogP contribution >= 0.6 is 12.4 Å². The van der Waals surface area contributed by atoms with Gasteiger partial charge in [-0.1, -0.05) is 35.5 Å². The SMILES string of the molecule is Cl.NCCN(CCc1ccccc1)Cc1nc(CC(F)(F)F)no1. The van der Waals surface area contributed by atoms with Crippen molar-refractivity contribution in [2.24, 2.45) is 5.73 Å². The Morgan fingerprint density at radius 3 is 2.46 bits per heavy atom. The van der Waals surface area contributed by atoms with Gasteiger partial charge in [0.05, 0.1) is 6.54 Å². The van der Waals surface area contributed by atoms with Gasteiger partial charge in [-0.25, -0.2) is 0 Å². The molecule has 0 unspecified atom stereocenters. The van der Waals surface area contributed by atoms with Crippen molar-refractivity contribution in [3.05, 3.63) is 47.6 Å². The van der Waals surface area contributed by atoms with Crippen LogP contribution in [0.1, 0.15) is 17.3 Å². The second kappa shape index (κ2) is 9.61. The van der Waals surface area contributed by atoms with Crippen LogP contribution in [0.4, 0.5) is 13.2 Å². The summed E-state index contributed by atoms with van der Waals surface area (Å²) in [5.41, 5.74) is 6.76. The van der Waals surface area contributed by atoms with E-state index in [0.29, 0.717) is 19.6 Å². The molecule has 1 aromatic carbocycles. The van der Waals surface area contributed by atoms with Crippen LogP contribution in [0.3, 0.4) is 0 Å². The zero-order valence-corrected chi connectivity index (χ0v) is 13.8. The molecule has 0 atom stereocenters. The van der Waals surface area contributed by atoms with Gasteiger partial charge in [0.1, 0.15) is 6.42 Å². The molecule has 1 aromatic heterocycles. The summed E-state index contributed by atoms with van der Waals surface area (Å²) in [4.78, 5) is 5.78. The van der Waals surface area contributed by atoms with Crippen LogP contribution in [0.5, 0.6) is 0 Å². The lowest BCUT2D eigenvalue weighted by Crippen LogP contribution is -2.31. The van der Waals surface area contributed by atoms with Gasteiger partial charge in [-0.2, -0.15) is 18.2 Å². The molecular weight excluding hydrogens is 345 g/mol. The van der Waals surface area contributed by atoms with Crippen molar-refractivity contribution in [3.8, 4) is 0 Å². The first-order valence-corrected chi connectivity index (χ1v) is 7.31. The fourth-order valence-electron chi connectivity index (χ4n) is 2.18. The number of hydrogen-bond acceptors (Lipinski definition) is 5. The maximum absolute atomic E-state index is 12.3.